The fourth-order valence-corrected chi connectivity index (χ4v) is 5.57. The number of likely N-dealkylation sites (N-methyl/N-ethyl adjacent to an activating group) is 1. The summed E-state index contributed by atoms with van der Waals surface area (Å²) in [6.45, 7) is 5.43. The monoisotopic (exact) mass is 458 g/mol. The van der Waals surface area contributed by atoms with Crippen molar-refractivity contribution in [3.8, 4) is 11.3 Å². The van der Waals surface area contributed by atoms with Crippen LogP contribution in [-0.4, -0.2) is 58.8 Å². The van der Waals surface area contributed by atoms with Crippen LogP contribution in [0.3, 0.4) is 0 Å². The lowest BCUT2D eigenvalue weighted by Gasteiger charge is -2.32. The highest BCUT2D eigenvalue weighted by molar-refractivity contribution is 5.97. The van der Waals surface area contributed by atoms with Crippen molar-refractivity contribution in [2.24, 2.45) is 0 Å². The van der Waals surface area contributed by atoms with Crippen molar-refractivity contribution in [2.45, 2.75) is 44.7 Å². The zero-order valence-corrected chi connectivity index (χ0v) is 19.8. The van der Waals surface area contributed by atoms with E-state index in [-0.39, 0.29) is 11.9 Å². The van der Waals surface area contributed by atoms with Gasteiger partial charge in [-0.3, -0.25) is 9.78 Å². The summed E-state index contributed by atoms with van der Waals surface area (Å²) in [5.74, 6) is 1.47. The molecular formula is C27H30N4O3. The molecule has 0 aliphatic carbocycles. The van der Waals surface area contributed by atoms with E-state index in [1.54, 1.807) is 0 Å². The highest BCUT2D eigenvalue weighted by Gasteiger charge is 2.36. The maximum absolute atomic E-state index is 12.9. The molecule has 7 nitrogen and oxygen atoms in total. The molecule has 1 unspecified atom stereocenters. The number of ether oxygens (including phenoxy) is 2. The van der Waals surface area contributed by atoms with E-state index in [0.29, 0.717) is 19.1 Å². The van der Waals surface area contributed by atoms with Gasteiger partial charge in [0.25, 0.3) is 0 Å². The Bertz CT molecular complexity index is 1290. The zero-order valence-electron chi connectivity index (χ0n) is 19.8. The molecule has 176 valence electrons. The number of aromatic nitrogens is 3. The summed E-state index contributed by atoms with van der Waals surface area (Å²) in [6.07, 6.45) is 6.87. The molecule has 1 fully saturated rings. The minimum Gasteiger partial charge on any atom is -0.381 e. The number of benzene rings is 1. The summed E-state index contributed by atoms with van der Waals surface area (Å²) in [6, 6.07) is 8.30. The largest absolute Gasteiger partial charge is 0.381 e. The minimum atomic E-state index is -0.256. The number of carbonyl (C=O) groups is 1. The Morgan fingerprint density at radius 2 is 1.97 bits per heavy atom. The molecule has 2 aromatic heterocycles. The van der Waals surface area contributed by atoms with E-state index in [1.807, 2.05) is 25.1 Å². The second kappa shape index (κ2) is 8.64. The van der Waals surface area contributed by atoms with Gasteiger partial charge in [-0.15, -0.1) is 0 Å². The number of nitrogens with zero attached hydrogens (tertiary/aromatic N) is 4. The first-order valence-electron chi connectivity index (χ1n) is 12.2. The first-order valence-corrected chi connectivity index (χ1v) is 12.2. The second-order valence-electron chi connectivity index (χ2n) is 9.54. The maximum atomic E-state index is 12.9. The Morgan fingerprint density at radius 3 is 2.76 bits per heavy atom. The predicted molar refractivity (Wildman–Crippen MR) is 130 cm³/mol. The maximum Gasteiger partial charge on any atom is 0.245 e. The van der Waals surface area contributed by atoms with Gasteiger partial charge in [-0.1, -0.05) is 24.3 Å². The first-order chi connectivity index (χ1) is 16.6. The summed E-state index contributed by atoms with van der Waals surface area (Å²) in [4.78, 5) is 24.8. The van der Waals surface area contributed by atoms with Crippen molar-refractivity contribution in [1.82, 2.24) is 19.4 Å². The highest BCUT2D eigenvalue weighted by atomic mass is 16.5. The van der Waals surface area contributed by atoms with Gasteiger partial charge in [0, 0.05) is 43.3 Å². The van der Waals surface area contributed by atoms with Gasteiger partial charge >= 0.3 is 0 Å². The molecule has 0 radical (unpaired) electrons. The van der Waals surface area contributed by atoms with E-state index in [4.69, 9.17) is 19.4 Å². The van der Waals surface area contributed by atoms with E-state index in [1.165, 1.54) is 5.57 Å². The van der Waals surface area contributed by atoms with E-state index in [2.05, 4.69) is 34.9 Å². The van der Waals surface area contributed by atoms with Crippen LogP contribution in [0, 0.1) is 0 Å². The van der Waals surface area contributed by atoms with Gasteiger partial charge < -0.3 is 18.9 Å². The third-order valence-corrected chi connectivity index (χ3v) is 7.44. The standard InChI is InChI=1S/C27H30N4O3/c1-17-27(32)30(2)16-24-25(29-26(31(17)24)19-8-12-34-13-9-19)21-5-3-4-20-14-23(28-15-22(20)21)18-6-10-33-11-7-18/h3-6,14-15,17,19H,7-13,16H2,1-2H3. The molecule has 0 saturated carbocycles. The normalized spacial score (nSPS) is 21.6. The van der Waals surface area contributed by atoms with Crippen molar-refractivity contribution in [2.75, 3.05) is 33.5 Å². The van der Waals surface area contributed by atoms with Crippen LogP contribution < -0.4 is 0 Å². The van der Waals surface area contributed by atoms with Gasteiger partial charge in [0.1, 0.15) is 11.9 Å². The molecular weight excluding hydrogens is 428 g/mol. The number of pyridine rings is 1. The molecule has 5 heterocycles. The fraction of sp³-hybridized carbons (Fsp3) is 0.444. The average Bonchev–Trinajstić information content (AvgIpc) is 3.27. The van der Waals surface area contributed by atoms with Gasteiger partial charge in [0.15, 0.2) is 0 Å². The van der Waals surface area contributed by atoms with Gasteiger partial charge in [-0.05, 0) is 43.2 Å². The Kier molecular flexibility index (Phi) is 5.46. The van der Waals surface area contributed by atoms with Crippen LogP contribution in [0.1, 0.15) is 55.4 Å². The van der Waals surface area contributed by atoms with Crippen LogP contribution in [-0.2, 0) is 20.8 Å². The van der Waals surface area contributed by atoms with E-state index in [9.17, 15) is 4.79 Å². The lowest BCUT2D eigenvalue weighted by molar-refractivity contribution is -0.135. The van der Waals surface area contributed by atoms with Gasteiger partial charge in [0.2, 0.25) is 5.91 Å². The predicted octanol–water partition coefficient (Wildman–Crippen LogP) is 4.33. The molecule has 0 spiro atoms. The lowest BCUT2D eigenvalue weighted by Crippen LogP contribution is -2.40. The Morgan fingerprint density at radius 1 is 1.12 bits per heavy atom. The Balaban J connectivity index is 1.50. The quantitative estimate of drug-likeness (QED) is 0.584. The number of hydrogen-bond donors (Lipinski definition) is 0. The summed E-state index contributed by atoms with van der Waals surface area (Å²) in [5, 5.41) is 2.24. The van der Waals surface area contributed by atoms with Crippen molar-refractivity contribution in [3.05, 3.63) is 53.8 Å². The molecule has 3 aliphatic heterocycles. The van der Waals surface area contributed by atoms with Crippen LogP contribution in [0.2, 0.25) is 0 Å². The molecule has 0 bridgehead atoms. The Labute approximate surface area is 199 Å². The smallest absolute Gasteiger partial charge is 0.245 e. The first kappa shape index (κ1) is 21.5. The number of hydrogen-bond acceptors (Lipinski definition) is 5. The third-order valence-electron chi connectivity index (χ3n) is 7.44. The molecule has 7 heteroatoms. The topological polar surface area (TPSA) is 69.5 Å². The number of imidazole rings is 1. The van der Waals surface area contributed by atoms with E-state index >= 15 is 0 Å². The molecule has 3 aromatic rings. The molecule has 0 N–H and O–H groups in total. The summed E-state index contributed by atoms with van der Waals surface area (Å²) < 4.78 is 13.3. The fourth-order valence-electron chi connectivity index (χ4n) is 5.57. The molecule has 34 heavy (non-hydrogen) atoms. The van der Waals surface area contributed by atoms with Crippen LogP contribution in [0.4, 0.5) is 0 Å². The van der Waals surface area contributed by atoms with E-state index < -0.39 is 0 Å². The van der Waals surface area contributed by atoms with E-state index in [0.717, 1.165) is 78.3 Å². The number of fused-ring (bicyclic) bond motifs is 2. The molecule has 3 aliphatic rings. The van der Waals surface area contributed by atoms with Crippen molar-refractivity contribution in [1.29, 1.82) is 0 Å². The summed E-state index contributed by atoms with van der Waals surface area (Å²) >= 11 is 0. The van der Waals surface area contributed by atoms with Crippen LogP contribution in [0.15, 0.2) is 36.5 Å². The average molecular weight is 459 g/mol. The van der Waals surface area contributed by atoms with Crippen LogP contribution in [0.5, 0.6) is 0 Å². The molecule has 1 atom stereocenters. The SMILES string of the molecule is CC1C(=O)N(C)Cc2c(-c3cccc4cc(C5=CCOCC5)ncc34)nc(C3CCOCC3)n21. The molecule has 1 aromatic carbocycles. The third kappa shape index (κ3) is 3.54. The lowest BCUT2D eigenvalue weighted by atomic mass is 9.98. The minimum absolute atomic E-state index is 0.138. The number of amides is 1. The van der Waals surface area contributed by atoms with Gasteiger partial charge in [0.05, 0.1) is 36.8 Å². The zero-order chi connectivity index (χ0) is 23.2. The number of rotatable bonds is 3. The molecule has 1 saturated heterocycles. The van der Waals surface area contributed by atoms with Crippen molar-refractivity contribution < 1.29 is 14.3 Å². The molecule has 1 amide bonds. The Hall–Kier alpha value is -3.03. The summed E-state index contributed by atoms with van der Waals surface area (Å²) in [5.41, 5.74) is 5.42. The molecule has 6 rings (SSSR count). The van der Waals surface area contributed by atoms with Crippen molar-refractivity contribution in [3.63, 3.8) is 0 Å². The second-order valence-corrected chi connectivity index (χ2v) is 9.54. The van der Waals surface area contributed by atoms with Crippen molar-refractivity contribution >= 4 is 22.3 Å². The number of carbonyl (C=O) groups excluding carboxylic acids is 1. The van der Waals surface area contributed by atoms with Gasteiger partial charge in [-0.2, -0.15) is 0 Å². The van der Waals surface area contributed by atoms with Crippen LogP contribution in [0.25, 0.3) is 27.6 Å². The summed E-state index contributed by atoms with van der Waals surface area (Å²) in [7, 11) is 1.88. The van der Waals surface area contributed by atoms with Crippen LogP contribution >= 0.6 is 0 Å². The highest BCUT2D eigenvalue weighted by Crippen LogP contribution is 2.39. The van der Waals surface area contributed by atoms with Gasteiger partial charge in [-0.25, -0.2) is 4.98 Å².